The molecule has 0 bridgehead atoms. The molecule has 7 heteroatoms. The topological polar surface area (TPSA) is 66.8 Å². The van der Waals surface area contributed by atoms with Crippen LogP contribution >= 0.6 is 24.0 Å². The first kappa shape index (κ1) is 17.2. The number of amides is 1. The van der Waals surface area contributed by atoms with E-state index in [-0.39, 0.29) is 5.91 Å². The molecule has 1 fully saturated rings. The smallest absolute Gasteiger partial charge is 0.341 e. The number of carbonyl (C=O) groups excluding carboxylic acids is 1. The fourth-order valence-corrected chi connectivity index (χ4v) is 3.56. The number of nitrogens with zero attached hydrogens (tertiary/aromatic N) is 1. The summed E-state index contributed by atoms with van der Waals surface area (Å²) in [7, 11) is 0. The van der Waals surface area contributed by atoms with Crippen LogP contribution in [0.15, 0.2) is 59.5 Å². The zero-order valence-corrected chi connectivity index (χ0v) is 14.5. The van der Waals surface area contributed by atoms with Crippen molar-refractivity contribution < 1.29 is 19.4 Å². The average Bonchev–Trinajstić information content (AvgIpc) is 2.88. The van der Waals surface area contributed by atoms with E-state index in [1.54, 1.807) is 24.3 Å². The number of ether oxygens (including phenoxy) is 1. The Morgan fingerprint density at radius 2 is 1.96 bits per heavy atom. The molecule has 0 aromatic heterocycles. The Hall–Kier alpha value is -2.64. The maximum atomic E-state index is 12.7. The summed E-state index contributed by atoms with van der Waals surface area (Å²) in [5.41, 5.74) is 1.46. The predicted octanol–water partition coefficient (Wildman–Crippen LogP) is 3.56. The minimum absolute atomic E-state index is 0.182. The van der Waals surface area contributed by atoms with E-state index in [1.807, 2.05) is 36.4 Å². The number of thiocarbonyl (C=S) groups is 1. The first-order chi connectivity index (χ1) is 12.0. The Balaban J connectivity index is 1.83. The molecule has 25 heavy (non-hydrogen) atoms. The summed E-state index contributed by atoms with van der Waals surface area (Å²) in [6, 6.07) is 16.1. The van der Waals surface area contributed by atoms with E-state index in [1.165, 1.54) is 16.7 Å². The Morgan fingerprint density at radius 3 is 2.68 bits per heavy atom. The number of aliphatic carboxylic acids is 1. The molecular weight excluding hydrogens is 358 g/mol. The number of carboxylic acids is 1. The number of hydrogen-bond acceptors (Lipinski definition) is 5. The van der Waals surface area contributed by atoms with Gasteiger partial charge in [-0.3, -0.25) is 9.69 Å². The minimum Gasteiger partial charge on any atom is -0.482 e. The van der Waals surface area contributed by atoms with Crippen LogP contribution in [0.1, 0.15) is 5.56 Å². The monoisotopic (exact) mass is 371 g/mol. The molecule has 0 spiro atoms. The van der Waals surface area contributed by atoms with Gasteiger partial charge in [0.05, 0.1) is 10.6 Å². The van der Waals surface area contributed by atoms with Gasteiger partial charge in [0, 0.05) is 0 Å². The van der Waals surface area contributed by atoms with Crippen molar-refractivity contribution in [2.75, 3.05) is 11.5 Å². The van der Waals surface area contributed by atoms with Gasteiger partial charge in [0.2, 0.25) is 0 Å². The predicted molar refractivity (Wildman–Crippen MR) is 102 cm³/mol. The molecule has 1 heterocycles. The van der Waals surface area contributed by atoms with Gasteiger partial charge in [-0.15, -0.1) is 0 Å². The van der Waals surface area contributed by atoms with Crippen molar-refractivity contribution >= 4 is 51.9 Å². The van der Waals surface area contributed by atoms with Crippen LogP contribution in [0, 0.1) is 0 Å². The van der Waals surface area contributed by atoms with E-state index in [2.05, 4.69) is 0 Å². The summed E-state index contributed by atoms with van der Waals surface area (Å²) < 4.78 is 5.63. The molecule has 1 aliphatic heterocycles. The number of benzene rings is 2. The number of hydrogen-bond donors (Lipinski definition) is 1. The van der Waals surface area contributed by atoms with Crippen LogP contribution < -0.4 is 9.64 Å². The molecule has 0 unspecified atom stereocenters. The van der Waals surface area contributed by atoms with Crippen molar-refractivity contribution in [1.29, 1.82) is 0 Å². The highest BCUT2D eigenvalue weighted by atomic mass is 32.2. The third kappa shape index (κ3) is 4.07. The van der Waals surface area contributed by atoms with Crippen LogP contribution in [0.2, 0.25) is 0 Å². The highest BCUT2D eigenvalue weighted by molar-refractivity contribution is 8.27. The van der Waals surface area contributed by atoms with Crippen molar-refractivity contribution in [2.24, 2.45) is 0 Å². The van der Waals surface area contributed by atoms with Crippen LogP contribution in [0.5, 0.6) is 5.75 Å². The lowest BCUT2D eigenvalue weighted by molar-refractivity contribution is -0.139. The Labute approximate surface area is 153 Å². The van der Waals surface area contributed by atoms with Gasteiger partial charge in [0.25, 0.3) is 5.91 Å². The van der Waals surface area contributed by atoms with Gasteiger partial charge in [0.15, 0.2) is 10.9 Å². The summed E-state index contributed by atoms with van der Waals surface area (Å²) in [5.74, 6) is -0.804. The molecule has 5 nitrogen and oxygen atoms in total. The lowest BCUT2D eigenvalue weighted by Gasteiger charge is -2.13. The Kier molecular flexibility index (Phi) is 5.16. The largest absolute Gasteiger partial charge is 0.482 e. The molecule has 0 atom stereocenters. The first-order valence-electron chi connectivity index (χ1n) is 7.32. The lowest BCUT2D eigenvalue weighted by Crippen LogP contribution is -2.27. The van der Waals surface area contributed by atoms with Crippen molar-refractivity contribution in [2.45, 2.75) is 0 Å². The van der Waals surface area contributed by atoms with Crippen molar-refractivity contribution in [3.05, 3.63) is 65.1 Å². The molecule has 1 aliphatic rings. The second-order valence-corrected chi connectivity index (χ2v) is 6.78. The third-order valence-electron chi connectivity index (χ3n) is 3.33. The maximum Gasteiger partial charge on any atom is 0.341 e. The van der Waals surface area contributed by atoms with E-state index in [0.717, 1.165) is 11.3 Å². The number of carbonyl (C=O) groups is 2. The maximum absolute atomic E-state index is 12.7. The number of thioether (sulfide) groups is 1. The summed E-state index contributed by atoms with van der Waals surface area (Å²) >= 11 is 6.56. The van der Waals surface area contributed by atoms with Gasteiger partial charge < -0.3 is 9.84 Å². The van der Waals surface area contributed by atoms with Gasteiger partial charge >= 0.3 is 5.97 Å². The molecule has 1 amide bonds. The van der Waals surface area contributed by atoms with E-state index < -0.39 is 12.6 Å². The van der Waals surface area contributed by atoms with E-state index >= 15 is 0 Å². The molecule has 0 saturated carbocycles. The number of para-hydroxylation sites is 1. The van der Waals surface area contributed by atoms with Crippen molar-refractivity contribution in [1.82, 2.24) is 0 Å². The van der Waals surface area contributed by atoms with Gasteiger partial charge in [-0.1, -0.05) is 54.3 Å². The lowest BCUT2D eigenvalue weighted by atomic mass is 10.2. The number of rotatable bonds is 5. The highest BCUT2D eigenvalue weighted by Gasteiger charge is 2.33. The van der Waals surface area contributed by atoms with Crippen LogP contribution in [-0.2, 0) is 9.59 Å². The zero-order chi connectivity index (χ0) is 17.8. The van der Waals surface area contributed by atoms with Gasteiger partial charge in [-0.2, -0.15) is 0 Å². The van der Waals surface area contributed by atoms with Gasteiger partial charge in [0.1, 0.15) is 5.75 Å². The summed E-state index contributed by atoms with van der Waals surface area (Å²) in [4.78, 5) is 25.2. The van der Waals surface area contributed by atoms with Gasteiger partial charge in [-0.05, 0) is 35.9 Å². The fraction of sp³-hybridized carbons (Fsp3) is 0.0556. The second-order valence-electron chi connectivity index (χ2n) is 5.11. The summed E-state index contributed by atoms with van der Waals surface area (Å²) in [6.45, 7) is -0.417. The molecule has 1 saturated heterocycles. The molecule has 0 aliphatic carbocycles. The van der Waals surface area contributed by atoms with Gasteiger partial charge in [-0.25, -0.2) is 4.79 Å². The van der Waals surface area contributed by atoms with Crippen LogP contribution in [0.3, 0.4) is 0 Å². The molecule has 1 N–H and O–H groups in total. The Bertz CT molecular complexity index is 864. The summed E-state index contributed by atoms with van der Waals surface area (Å²) in [6.07, 6.45) is 1.72. The molecule has 2 aromatic carbocycles. The van der Waals surface area contributed by atoms with E-state index in [9.17, 15) is 9.59 Å². The first-order valence-corrected chi connectivity index (χ1v) is 8.55. The number of carboxylic acid groups (broad SMARTS) is 1. The summed E-state index contributed by atoms with van der Waals surface area (Å²) in [5, 5.41) is 8.67. The SMILES string of the molecule is O=C(O)COc1cccc(C=C2SC(=S)N(c3ccccc3)C2=O)c1. The van der Waals surface area contributed by atoms with E-state index in [0.29, 0.717) is 15.0 Å². The molecular formula is C18H13NO4S2. The zero-order valence-electron chi connectivity index (χ0n) is 12.9. The minimum atomic E-state index is -1.05. The molecule has 0 radical (unpaired) electrons. The quantitative estimate of drug-likeness (QED) is 0.640. The standard InChI is InChI=1S/C18H13NO4S2/c20-16(21)11-23-14-8-4-5-12(9-14)10-15-17(22)19(18(24)25-15)13-6-2-1-3-7-13/h1-10H,11H2,(H,20,21). The second kappa shape index (κ2) is 7.50. The Morgan fingerprint density at radius 1 is 1.20 bits per heavy atom. The fourth-order valence-electron chi connectivity index (χ4n) is 2.26. The number of anilines is 1. The van der Waals surface area contributed by atoms with Crippen molar-refractivity contribution in [3.63, 3.8) is 0 Å². The molecule has 3 rings (SSSR count). The molecule has 2 aromatic rings. The molecule has 126 valence electrons. The highest BCUT2D eigenvalue weighted by Crippen LogP contribution is 2.36. The normalized spacial score (nSPS) is 15.7. The third-order valence-corrected chi connectivity index (χ3v) is 4.63. The van der Waals surface area contributed by atoms with Crippen LogP contribution in [-0.4, -0.2) is 27.9 Å². The van der Waals surface area contributed by atoms with Crippen LogP contribution in [0.4, 0.5) is 5.69 Å². The van der Waals surface area contributed by atoms with E-state index in [4.69, 9.17) is 22.1 Å². The van der Waals surface area contributed by atoms with Crippen molar-refractivity contribution in [3.8, 4) is 5.75 Å². The average molecular weight is 371 g/mol. The van der Waals surface area contributed by atoms with Crippen LogP contribution in [0.25, 0.3) is 6.08 Å².